The average Bonchev–Trinajstić information content (AvgIpc) is 2.89. The molecule has 3 nitrogen and oxygen atoms in total. The lowest BCUT2D eigenvalue weighted by molar-refractivity contribution is -0.159. The van der Waals surface area contributed by atoms with Gasteiger partial charge in [-0.2, -0.15) is 0 Å². The molecule has 0 heterocycles. The maximum absolute atomic E-state index is 14.1. The number of ether oxygens (including phenoxy) is 1. The molecule has 0 N–H and O–H groups in total. The van der Waals surface area contributed by atoms with Crippen LogP contribution in [0.4, 0.5) is 0 Å². The van der Waals surface area contributed by atoms with Crippen molar-refractivity contribution in [2.75, 3.05) is 0 Å². The number of nitrogens with zero attached hydrogens (tertiary/aromatic N) is 1. The topological polar surface area (TPSA) is 29.5 Å². The number of esters is 1. The molecule has 184 valence electrons. The summed E-state index contributed by atoms with van der Waals surface area (Å²) in [4.78, 5) is 16.4. The fourth-order valence-corrected chi connectivity index (χ4v) is 4.69. The Labute approximate surface area is 215 Å². The average molecular weight is 478 g/mol. The van der Waals surface area contributed by atoms with Crippen molar-refractivity contribution in [1.29, 1.82) is 0 Å². The smallest absolute Gasteiger partial charge is 0.324 e. The molecular formula is C33H35NO2. The molecule has 0 radical (unpaired) electrons. The number of carbonyl (C=O) groups is 1. The van der Waals surface area contributed by atoms with Crippen LogP contribution in [0.2, 0.25) is 0 Å². The molecule has 0 bridgehead atoms. The number of benzene rings is 4. The normalized spacial score (nSPS) is 12.5. The van der Waals surface area contributed by atoms with Crippen molar-refractivity contribution in [3.63, 3.8) is 0 Å². The van der Waals surface area contributed by atoms with Gasteiger partial charge in [-0.25, -0.2) is 0 Å². The van der Waals surface area contributed by atoms with Gasteiger partial charge in [-0.05, 0) is 27.7 Å². The summed E-state index contributed by atoms with van der Waals surface area (Å²) >= 11 is 0. The van der Waals surface area contributed by atoms with E-state index in [0.717, 1.165) is 22.3 Å². The Morgan fingerprint density at radius 3 is 1.36 bits per heavy atom. The van der Waals surface area contributed by atoms with E-state index in [1.54, 1.807) is 0 Å². The number of carbonyl (C=O) groups excluding carboxylic acids is 1. The van der Waals surface area contributed by atoms with Crippen LogP contribution in [0.3, 0.4) is 0 Å². The van der Waals surface area contributed by atoms with Crippen LogP contribution in [0.25, 0.3) is 0 Å². The summed E-state index contributed by atoms with van der Waals surface area (Å²) in [7, 11) is 0. The molecule has 0 amide bonds. The van der Waals surface area contributed by atoms with E-state index in [9.17, 15) is 4.79 Å². The number of hydrogen-bond donors (Lipinski definition) is 0. The quantitative estimate of drug-likeness (QED) is 0.235. The predicted octanol–water partition coefficient (Wildman–Crippen LogP) is 7.44. The fraction of sp³-hybridized carbons (Fsp3) is 0.242. The van der Waals surface area contributed by atoms with Crippen LogP contribution in [0, 0.1) is 5.41 Å². The Hall–Kier alpha value is -3.69. The van der Waals surface area contributed by atoms with Gasteiger partial charge in [0.05, 0.1) is 0 Å². The van der Waals surface area contributed by atoms with E-state index in [4.69, 9.17) is 4.74 Å². The van der Waals surface area contributed by atoms with E-state index in [1.807, 2.05) is 97.1 Å². The van der Waals surface area contributed by atoms with Crippen molar-refractivity contribution in [2.24, 2.45) is 5.41 Å². The molecule has 1 atom stereocenters. The van der Waals surface area contributed by atoms with Gasteiger partial charge in [-0.3, -0.25) is 9.69 Å². The number of hydrogen-bond acceptors (Lipinski definition) is 3. The molecule has 4 rings (SSSR count). The second kappa shape index (κ2) is 11.8. The van der Waals surface area contributed by atoms with E-state index in [1.165, 1.54) is 0 Å². The maximum atomic E-state index is 14.1. The lowest BCUT2D eigenvalue weighted by Crippen LogP contribution is -2.49. The molecular weight excluding hydrogens is 442 g/mol. The minimum atomic E-state index is -0.472. The Bertz CT molecular complexity index is 1120. The molecule has 3 heteroatoms. The third-order valence-corrected chi connectivity index (χ3v) is 6.30. The van der Waals surface area contributed by atoms with Gasteiger partial charge in [-0.1, -0.05) is 142 Å². The summed E-state index contributed by atoms with van der Waals surface area (Å²) < 4.78 is 6.39. The first-order valence-electron chi connectivity index (χ1n) is 12.5. The minimum absolute atomic E-state index is 0.216. The van der Waals surface area contributed by atoms with Crippen molar-refractivity contribution in [3.8, 4) is 0 Å². The van der Waals surface area contributed by atoms with Gasteiger partial charge in [0, 0.05) is 13.1 Å². The Morgan fingerprint density at radius 1 is 0.639 bits per heavy atom. The molecule has 0 fully saturated rings. The van der Waals surface area contributed by atoms with E-state index in [-0.39, 0.29) is 11.4 Å². The molecule has 4 aromatic carbocycles. The molecule has 0 aliphatic carbocycles. The van der Waals surface area contributed by atoms with Crippen molar-refractivity contribution < 1.29 is 9.53 Å². The summed E-state index contributed by atoms with van der Waals surface area (Å²) in [5.74, 6) is -0.216. The highest BCUT2D eigenvalue weighted by molar-refractivity contribution is 5.77. The zero-order valence-corrected chi connectivity index (χ0v) is 21.4. The molecule has 0 aliphatic rings. The molecule has 0 aromatic heterocycles. The minimum Gasteiger partial charge on any atom is -0.451 e. The lowest BCUT2D eigenvalue weighted by Gasteiger charge is -2.39. The van der Waals surface area contributed by atoms with Crippen LogP contribution in [0.5, 0.6) is 0 Å². The second-order valence-corrected chi connectivity index (χ2v) is 10.3. The van der Waals surface area contributed by atoms with Crippen LogP contribution in [-0.4, -0.2) is 16.9 Å². The summed E-state index contributed by atoms with van der Waals surface area (Å²) in [5.41, 5.74) is 3.90. The largest absolute Gasteiger partial charge is 0.451 e. The van der Waals surface area contributed by atoms with Gasteiger partial charge >= 0.3 is 5.97 Å². The van der Waals surface area contributed by atoms with Gasteiger partial charge in [0.1, 0.15) is 6.04 Å². The SMILES string of the molecule is CC(C)(C)C(C(=O)OC(c1ccccc1)c1ccccc1)N(Cc1ccccc1)Cc1ccccc1. The van der Waals surface area contributed by atoms with E-state index < -0.39 is 12.1 Å². The molecule has 0 aliphatic heterocycles. The van der Waals surface area contributed by atoms with Crippen molar-refractivity contribution in [2.45, 2.75) is 46.0 Å². The Balaban J connectivity index is 1.69. The van der Waals surface area contributed by atoms with Crippen molar-refractivity contribution in [1.82, 2.24) is 4.90 Å². The standard InChI is InChI=1S/C33H35NO2/c1-33(2,3)31(34(24-26-16-8-4-9-17-26)25-27-18-10-5-11-19-27)32(35)36-30(28-20-12-6-13-21-28)29-22-14-7-15-23-29/h4-23,30-31H,24-25H2,1-3H3. The first-order valence-corrected chi connectivity index (χ1v) is 12.5. The molecule has 1 unspecified atom stereocenters. The van der Waals surface area contributed by atoms with Crippen LogP contribution in [0.1, 0.15) is 49.1 Å². The zero-order valence-electron chi connectivity index (χ0n) is 21.4. The van der Waals surface area contributed by atoms with Crippen LogP contribution in [0.15, 0.2) is 121 Å². The molecule has 0 saturated carbocycles. The van der Waals surface area contributed by atoms with Gasteiger partial charge in [0.15, 0.2) is 6.10 Å². The fourth-order valence-electron chi connectivity index (χ4n) is 4.69. The maximum Gasteiger partial charge on any atom is 0.324 e. The van der Waals surface area contributed by atoms with E-state index in [0.29, 0.717) is 13.1 Å². The first-order chi connectivity index (χ1) is 17.4. The first kappa shape index (κ1) is 25.4. The molecule has 0 spiro atoms. The highest BCUT2D eigenvalue weighted by Crippen LogP contribution is 2.32. The summed E-state index contributed by atoms with van der Waals surface area (Å²) in [6.45, 7) is 7.63. The van der Waals surface area contributed by atoms with Gasteiger partial charge < -0.3 is 4.74 Å². The van der Waals surface area contributed by atoms with Crippen LogP contribution >= 0.6 is 0 Å². The second-order valence-electron chi connectivity index (χ2n) is 10.3. The highest BCUT2D eigenvalue weighted by Gasteiger charge is 2.39. The lowest BCUT2D eigenvalue weighted by atomic mass is 9.84. The molecule has 36 heavy (non-hydrogen) atoms. The van der Waals surface area contributed by atoms with Crippen molar-refractivity contribution >= 4 is 5.97 Å². The third-order valence-electron chi connectivity index (χ3n) is 6.30. The Kier molecular flexibility index (Phi) is 8.35. The Morgan fingerprint density at radius 2 is 1.00 bits per heavy atom. The van der Waals surface area contributed by atoms with Crippen LogP contribution < -0.4 is 0 Å². The number of rotatable bonds is 9. The summed E-state index contributed by atoms with van der Waals surface area (Å²) in [5, 5.41) is 0. The molecule has 0 saturated heterocycles. The van der Waals surface area contributed by atoms with Crippen molar-refractivity contribution in [3.05, 3.63) is 144 Å². The zero-order chi connectivity index (χ0) is 25.4. The monoisotopic (exact) mass is 477 g/mol. The summed E-state index contributed by atoms with van der Waals surface area (Å²) in [6.07, 6.45) is -0.472. The van der Waals surface area contributed by atoms with Gasteiger partial charge in [-0.15, -0.1) is 0 Å². The van der Waals surface area contributed by atoms with E-state index in [2.05, 4.69) is 49.9 Å². The highest BCUT2D eigenvalue weighted by atomic mass is 16.5. The molecule has 4 aromatic rings. The predicted molar refractivity (Wildman–Crippen MR) is 146 cm³/mol. The van der Waals surface area contributed by atoms with Gasteiger partial charge in [0.2, 0.25) is 0 Å². The summed E-state index contributed by atoms with van der Waals surface area (Å²) in [6, 6.07) is 40.2. The third kappa shape index (κ3) is 6.71. The van der Waals surface area contributed by atoms with Gasteiger partial charge in [0.25, 0.3) is 0 Å². The van der Waals surface area contributed by atoms with E-state index >= 15 is 0 Å². The van der Waals surface area contributed by atoms with Crippen LogP contribution in [-0.2, 0) is 22.6 Å².